The molecule has 0 unspecified atom stereocenters. The molecule has 0 bridgehead atoms. The van der Waals surface area contributed by atoms with Gasteiger partial charge in [0.05, 0.1) is 6.10 Å². The minimum atomic E-state index is -4.32. The van der Waals surface area contributed by atoms with Gasteiger partial charge in [-0.3, -0.25) is 0 Å². The maximum Gasteiger partial charge on any atom is 0.409 e. The van der Waals surface area contributed by atoms with Crippen LogP contribution in [0.4, 0.5) is 13.2 Å². The van der Waals surface area contributed by atoms with Crippen LogP contribution in [-0.2, 0) is 0 Å². The second-order valence-electron chi connectivity index (χ2n) is 5.81. The molecule has 1 fully saturated rings. The van der Waals surface area contributed by atoms with Crippen molar-refractivity contribution in [3.63, 3.8) is 0 Å². The SMILES string of the molecule is C=C(Oc1ccc(/C=C/C(F)(F)F)cc1)c1ccc(OC2CC2)cc1. The Morgan fingerprint density at radius 3 is 2.12 bits per heavy atom. The van der Waals surface area contributed by atoms with Crippen molar-refractivity contribution in [1.82, 2.24) is 0 Å². The number of rotatable bonds is 6. The van der Waals surface area contributed by atoms with Gasteiger partial charge in [0.15, 0.2) is 0 Å². The van der Waals surface area contributed by atoms with Crippen LogP contribution in [0.1, 0.15) is 24.0 Å². The molecule has 25 heavy (non-hydrogen) atoms. The zero-order valence-electron chi connectivity index (χ0n) is 13.4. The van der Waals surface area contributed by atoms with Crippen LogP contribution >= 0.6 is 0 Å². The van der Waals surface area contributed by atoms with Crippen LogP contribution in [0.25, 0.3) is 11.8 Å². The molecule has 0 saturated heterocycles. The van der Waals surface area contributed by atoms with Gasteiger partial charge in [0.2, 0.25) is 0 Å². The molecular formula is C20H17F3O2. The maximum absolute atomic E-state index is 12.1. The molecule has 1 saturated carbocycles. The molecule has 0 amide bonds. The van der Waals surface area contributed by atoms with Crippen molar-refractivity contribution in [3.8, 4) is 11.5 Å². The van der Waals surface area contributed by atoms with Gasteiger partial charge in [0.1, 0.15) is 17.3 Å². The average molecular weight is 346 g/mol. The van der Waals surface area contributed by atoms with E-state index in [1.54, 1.807) is 24.3 Å². The number of halogens is 3. The zero-order valence-corrected chi connectivity index (χ0v) is 13.4. The van der Waals surface area contributed by atoms with E-state index in [0.717, 1.165) is 30.2 Å². The second-order valence-corrected chi connectivity index (χ2v) is 5.81. The van der Waals surface area contributed by atoms with E-state index in [2.05, 4.69) is 6.58 Å². The predicted octanol–water partition coefficient (Wildman–Crippen LogP) is 5.85. The number of ether oxygens (including phenoxy) is 2. The monoisotopic (exact) mass is 346 g/mol. The minimum absolute atomic E-state index is 0.201. The van der Waals surface area contributed by atoms with Gasteiger partial charge in [-0.1, -0.05) is 24.8 Å². The molecule has 130 valence electrons. The van der Waals surface area contributed by atoms with Crippen LogP contribution in [0.5, 0.6) is 11.5 Å². The number of hydrogen-bond acceptors (Lipinski definition) is 2. The molecule has 0 radical (unpaired) electrons. The highest BCUT2D eigenvalue weighted by Gasteiger charge is 2.23. The van der Waals surface area contributed by atoms with E-state index >= 15 is 0 Å². The van der Waals surface area contributed by atoms with Crippen LogP contribution in [0.3, 0.4) is 0 Å². The highest BCUT2D eigenvalue weighted by atomic mass is 19.4. The fourth-order valence-electron chi connectivity index (χ4n) is 2.14. The number of benzene rings is 2. The van der Waals surface area contributed by atoms with Gasteiger partial charge in [-0.25, -0.2) is 0 Å². The van der Waals surface area contributed by atoms with Gasteiger partial charge >= 0.3 is 6.18 Å². The average Bonchev–Trinajstić information content (AvgIpc) is 3.38. The third-order valence-electron chi connectivity index (χ3n) is 3.59. The Morgan fingerprint density at radius 2 is 1.56 bits per heavy atom. The Kier molecular flexibility index (Phi) is 4.83. The van der Waals surface area contributed by atoms with Crippen LogP contribution in [0, 0.1) is 0 Å². The molecule has 2 nitrogen and oxygen atoms in total. The van der Waals surface area contributed by atoms with E-state index in [9.17, 15) is 13.2 Å². The molecule has 1 aliphatic carbocycles. The lowest BCUT2D eigenvalue weighted by atomic mass is 10.2. The summed E-state index contributed by atoms with van der Waals surface area (Å²) in [7, 11) is 0. The summed E-state index contributed by atoms with van der Waals surface area (Å²) in [6.07, 6.45) is -0.559. The van der Waals surface area contributed by atoms with Crippen molar-refractivity contribution in [1.29, 1.82) is 0 Å². The van der Waals surface area contributed by atoms with Gasteiger partial charge in [-0.05, 0) is 54.8 Å². The van der Waals surface area contributed by atoms with E-state index in [4.69, 9.17) is 9.47 Å². The highest BCUT2D eigenvalue weighted by Crippen LogP contribution is 2.28. The first kappa shape index (κ1) is 17.1. The van der Waals surface area contributed by atoms with Gasteiger partial charge in [0, 0.05) is 11.6 Å². The molecule has 3 rings (SSSR count). The number of allylic oxidation sites excluding steroid dienone is 1. The molecule has 0 heterocycles. The molecule has 1 aliphatic rings. The molecule has 0 atom stereocenters. The molecule has 0 aromatic heterocycles. The van der Waals surface area contributed by atoms with E-state index in [0.29, 0.717) is 23.2 Å². The van der Waals surface area contributed by atoms with Crippen LogP contribution in [0.15, 0.2) is 61.2 Å². The smallest absolute Gasteiger partial charge is 0.409 e. The Bertz CT molecular complexity index is 755. The summed E-state index contributed by atoms with van der Waals surface area (Å²) < 4.78 is 47.8. The fraction of sp³-hybridized carbons (Fsp3) is 0.200. The lowest BCUT2D eigenvalue weighted by molar-refractivity contribution is -0.0790. The summed E-state index contributed by atoms with van der Waals surface area (Å²) in [6, 6.07) is 13.8. The standard InChI is InChI=1S/C20H17F3O2/c1-14(16-4-8-18(9-5-16)25-19-10-11-19)24-17-6-2-15(3-7-17)12-13-20(21,22)23/h2-9,12-13,19H,1,10-11H2/b13-12+. The molecule has 0 aliphatic heterocycles. The molecule has 2 aromatic rings. The zero-order chi connectivity index (χ0) is 17.9. The summed E-state index contributed by atoms with van der Waals surface area (Å²) in [5.41, 5.74) is 1.25. The van der Waals surface area contributed by atoms with Gasteiger partial charge in [0.25, 0.3) is 0 Å². The summed E-state index contributed by atoms with van der Waals surface area (Å²) in [4.78, 5) is 0. The van der Waals surface area contributed by atoms with Crippen molar-refractivity contribution in [3.05, 3.63) is 72.3 Å². The second kappa shape index (κ2) is 7.05. The van der Waals surface area contributed by atoms with Crippen molar-refractivity contribution < 1.29 is 22.6 Å². The topological polar surface area (TPSA) is 18.5 Å². The van der Waals surface area contributed by atoms with Crippen LogP contribution in [-0.4, -0.2) is 12.3 Å². The van der Waals surface area contributed by atoms with E-state index in [1.807, 2.05) is 24.3 Å². The van der Waals surface area contributed by atoms with Crippen molar-refractivity contribution in [2.24, 2.45) is 0 Å². The first-order valence-electron chi connectivity index (χ1n) is 7.89. The van der Waals surface area contributed by atoms with Crippen LogP contribution < -0.4 is 9.47 Å². The maximum atomic E-state index is 12.1. The molecular weight excluding hydrogens is 329 g/mol. The predicted molar refractivity (Wildman–Crippen MR) is 91.3 cm³/mol. The highest BCUT2D eigenvalue weighted by molar-refractivity contribution is 5.61. The molecule has 5 heteroatoms. The summed E-state index contributed by atoms with van der Waals surface area (Å²) in [6.45, 7) is 3.89. The minimum Gasteiger partial charge on any atom is -0.490 e. The number of hydrogen-bond donors (Lipinski definition) is 0. The lowest BCUT2D eigenvalue weighted by Gasteiger charge is -2.10. The Balaban J connectivity index is 1.59. The van der Waals surface area contributed by atoms with Gasteiger partial charge in [-0.15, -0.1) is 0 Å². The normalized spacial score (nSPS) is 14.5. The van der Waals surface area contributed by atoms with Crippen molar-refractivity contribution in [2.75, 3.05) is 0 Å². The van der Waals surface area contributed by atoms with Crippen LogP contribution in [0.2, 0.25) is 0 Å². The summed E-state index contributed by atoms with van der Waals surface area (Å²) >= 11 is 0. The first-order chi connectivity index (χ1) is 11.9. The fourth-order valence-corrected chi connectivity index (χ4v) is 2.14. The Labute approximate surface area is 144 Å². The first-order valence-corrected chi connectivity index (χ1v) is 7.89. The van der Waals surface area contributed by atoms with Crippen molar-refractivity contribution >= 4 is 11.8 Å². The van der Waals surface area contributed by atoms with Gasteiger partial charge in [-0.2, -0.15) is 13.2 Å². The van der Waals surface area contributed by atoms with Gasteiger partial charge < -0.3 is 9.47 Å². The lowest BCUT2D eigenvalue weighted by Crippen LogP contribution is -2.00. The summed E-state index contributed by atoms with van der Waals surface area (Å²) in [5, 5.41) is 0. The Morgan fingerprint density at radius 1 is 0.960 bits per heavy atom. The number of alkyl halides is 3. The van der Waals surface area contributed by atoms with Crippen molar-refractivity contribution in [2.45, 2.75) is 25.1 Å². The van der Waals surface area contributed by atoms with E-state index in [1.165, 1.54) is 0 Å². The molecule has 2 aromatic carbocycles. The largest absolute Gasteiger partial charge is 0.490 e. The van der Waals surface area contributed by atoms with E-state index < -0.39 is 6.18 Å². The molecule has 0 spiro atoms. The quantitative estimate of drug-likeness (QED) is 0.611. The summed E-state index contributed by atoms with van der Waals surface area (Å²) in [5.74, 6) is 1.78. The Hall–Kier alpha value is -2.69. The third kappa shape index (κ3) is 5.41. The van der Waals surface area contributed by atoms with E-state index in [-0.39, 0.29) is 6.08 Å². The third-order valence-corrected chi connectivity index (χ3v) is 3.59. The molecule has 0 N–H and O–H groups in total.